The lowest BCUT2D eigenvalue weighted by molar-refractivity contribution is 0.0794. The lowest BCUT2D eigenvalue weighted by Gasteiger charge is -2.18. The Kier molecular flexibility index (Phi) is 5.50. The molecule has 2 amide bonds. The molecule has 7 nitrogen and oxygen atoms in total. The molecule has 1 fully saturated rings. The van der Waals surface area contributed by atoms with E-state index in [1.807, 2.05) is 0 Å². The zero-order valence-electron chi connectivity index (χ0n) is 16.2. The van der Waals surface area contributed by atoms with Crippen LogP contribution in [0.15, 0.2) is 42.5 Å². The van der Waals surface area contributed by atoms with Crippen molar-refractivity contribution in [2.24, 2.45) is 0 Å². The molecule has 0 bridgehead atoms. The van der Waals surface area contributed by atoms with Gasteiger partial charge in [0.05, 0.1) is 16.9 Å². The first-order valence-corrected chi connectivity index (χ1v) is 9.90. The van der Waals surface area contributed by atoms with E-state index in [-0.39, 0.29) is 17.5 Å². The van der Waals surface area contributed by atoms with Crippen molar-refractivity contribution < 1.29 is 14.0 Å². The first kappa shape index (κ1) is 20.0. The molecule has 1 N–H and O–H groups in total. The highest BCUT2D eigenvalue weighted by molar-refractivity contribution is 6.31. The van der Waals surface area contributed by atoms with Crippen LogP contribution in [0.3, 0.4) is 0 Å². The van der Waals surface area contributed by atoms with Crippen molar-refractivity contribution in [3.05, 3.63) is 70.5 Å². The van der Waals surface area contributed by atoms with Gasteiger partial charge in [-0.25, -0.2) is 14.1 Å². The monoisotopic (exact) mass is 427 g/mol. The first-order chi connectivity index (χ1) is 14.4. The van der Waals surface area contributed by atoms with Crippen molar-refractivity contribution in [1.82, 2.24) is 19.7 Å². The van der Waals surface area contributed by atoms with Gasteiger partial charge in [0.2, 0.25) is 5.82 Å². The lowest BCUT2D eigenvalue weighted by atomic mass is 10.1. The Hall–Kier alpha value is -3.26. The molecule has 1 saturated heterocycles. The first-order valence-electron chi connectivity index (χ1n) is 9.52. The van der Waals surface area contributed by atoms with Crippen LogP contribution >= 0.6 is 11.6 Å². The number of likely N-dealkylation sites (tertiary alicyclic amines) is 1. The molecular weight excluding hydrogens is 409 g/mol. The van der Waals surface area contributed by atoms with E-state index in [0.717, 1.165) is 12.8 Å². The van der Waals surface area contributed by atoms with E-state index < -0.39 is 5.91 Å². The van der Waals surface area contributed by atoms with Gasteiger partial charge in [0.15, 0.2) is 0 Å². The molecule has 0 spiro atoms. The number of aromatic nitrogens is 3. The largest absolute Gasteiger partial charge is 0.339 e. The summed E-state index contributed by atoms with van der Waals surface area (Å²) >= 11 is 6.09. The van der Waals surface area contributed by atoms with Gasteiger partial charge in [-0.2, -0.15) is 0 Å². The Labute approximate surface area is 177 Å². The van der Waals surface area contributed by atoms with E-state index in [1.54, 1.807) is 36.1 Å². The number of halogens is 2. The van der Waals surface area contributed by atoms with Gasteiger partial charge in [0.1, 0.15) is 11.6 Å². The van der Waals surface area contributed by atoms with Crippen molar-refractivity contribution in [2.75, 3.05) is 18.4 Å². The average molecular weight is 428 g/mol. The Morgan fingerprint density at radius 2 is 1.80 bits per heavy atom. The highest BCUT2D eigenvalue weighted by atomic mass is 35.5. The van der Waals surface area contributed by atoms with Gasteiger partial charge in [-0.3, -0.25) is 9.59 Å². The Morgan fingerprint density at radius 3 is 2.50 bits per heavy atom. The molecule has 0 aliphatic carbocycles. The summed E-state index contributed by atoms with van der Waals surface area (Å²) in [5.41, 5.74) is 1.25. The summed E-state index contributed by atoms with van der Waals surface area (Å²) in [6.45, 7) is 3.07. The Balaban J connectivity index is 1.60. The van der Waals surface area contributed by atoms with Crippen LogP contribution in [0.1, 0.15) is 39.6 Å². The van der Waals surface area contributed by atoms with E-state index in [2.05, 4.69) is 15.4 Å². The van der Waals surface area contributed by atoms with Crippen LogP contribution in [0, 0.1) is 12.7 Å². The second kappa shape index (κ2) is 8.23. The van der Waals surface area contributed by atoms with Gasteiger partial charge in [0.25, 0.3) is 11.8 Å². The van der Waals surface area contributed by atoms with E-state index in [4.69, 9.17) is 11.6 Å². The summed E-state index contributed by atoms with van der Waals surface area (Å²) in [5.74, 6) is -0.703. The molecule has 30 heavy (non-hydrogen) atoms. The van der Waals surface area contributed by atoms with Crippen LogP contribution in [0.4, 0.5) is 10.1 Å². The number of anilines is 1. The van der Waals surface area contributed by atoms with Crippen LogP contribution in [-0.2, 0) is 0 Å². The fraction of sp³-hybridized carbons (Fsp3) is 0.238. The lowest BCUT2D eigenvalue weighted by Crippen LogP contribution is -2.29. The van der Waals surface area contributed by atoms with Gasteiger partial charge in [-0.05, 0) is 62.2 Å². The predicted octanol–water partition coefficient (Wildman–Crippen LogP) is 3.86. The molecule has 0 atom stereocenters. The summed E-state index contributed by atoms with van der Waals surface area (Å²) in [6, 6.07) is 10.5. The van der Waals surface area contributed by atoms with Crippen molar-refractivity contribution in [1.29, 1.82) is 0 Å². The normalized spacial score (nSPS) is 13.5. The molecule has 1 aliphatic heterocycles. The van der Waals surface area contributed by atoms with E-state index in [0.29, 0.717) is 40.9 Å². The number of nitrogens with one attached hydrogen (secondary N) is 1. The number of nitrogens with zero attached hydrogens (tertiary/aromatic N) is 4. The van der Waals surface area contributed by atoms with Gasteiger partial charge >= 0.3 is 0 Å². The van der Waals surface area contributed by atoms with Crippen molar-refractivity contribution in [3.63, 3.8) is 0 Å². The van der Waals surface area contributed by atoms with Crippen molar-refractivity contribution in [2.45, 2.75) is 19.8 Å². The molecule has 0 radical (unpaired) electrons. The van der Waals surface area contributed by atoms with E-state index in [9.17, 15) is 14.0 Å². The molecule has 9 heteroatoms. The summed E-state index contributed by atoms with van der Waals surface area (Å²) < 4.78 is 14.6. The number of amides is 2. The third-order valence-corrected chi connectivity index (χ3v) is 5.13. The summed E-state index contributed by atoms with van der Waals surface area (Å²) in [7, 11) is 0. The predicted molar refractivity (Wildman–Crippen MR) is 111 cm³/mol. The van der Waals surface area contributed by atoms with Crippen LogP contribution < -0.4 is 5.32 Å². The Bertz CT molecular complexity index is 1110. The highest BCUT2D eigenvalue weighted by Crippen LogP contribution is 2.24. The van der Waals surface area contributed by atoms with Gasteiger partial charge in [-0.1, -0.05) is 11.6 Å². The molecule has 154 valence electrons. The van der Waals surface area contributed by atoms with Crippen LogP contribution in [-0.4, -0.2) is 44.6 Å². The zero-order chi connectivity index (χ0) is 21.3. The third kappa shape index (κ3) is 4.04. The fourth-order valence-electron chi connectivity index (χ4n) is 3.39. The highest BCUT2D eigenvalue weighted by Gasteiger charge is 2.24. The minimum Gasteiger partial charge on any atom is -0.339 e. The molecule has 0 unspecified atom stereocenters. The minimum atomic E-state index is -0.572. The van der Waals surface area contributed by atoms with Crippen LogP contribution in [0.5, 0.6) is 0 Å². The molecule has 3 aromatic rings. The SMILES string of the molecule is Cc1nc(C(=O)Nc2cc(Cl)ccc2C(=O)N2CCCC2)nn1-c1ccc(F)cc1. The third-order valence-electron chi connectivity index (χ3n) is 4.90. The molecule has 1 aliphatic rings. The molecule has 1 aromatic heterocycles. The quantitative estimate of drug-likeness (QED) is 0.685. The Morgan fingerprint density at radius 1 is 1.10 bits per heavy atom. The van der Waals surface area contributed by atoms with E-state index in [1.165, 1.54) is 22.9 Å². The number of rotatable bonds is 4. The molecule has 0 saturated carbocycles. The standard InChI is InChI=1S/C21H19ClFN5O2/c1-13-24-19(26-28(13)16-7-5-15(23)6-8-16)20(29)25-18-12-14(22)4-9-17(18)21(30)27-10-2-3-11-27/h4-9,12H,2-3,10-11H2,1H3,(H,25,29). The maximum absolute atomic E-state index is 13.2. The number of hydrogen-bond acceptors (Lipinski definition) is 4. The summed E-state index contributed by atoms with van der Waals surface area (Å²) in [6.07, 6.45) is 1.93. The van der Waals surface area contributed by atoms with Gasteiger partial charge in [-0.15, -0.1) is 5.10 Å². The molecule has 4 rings (SSSR count). The smallest absolute Gasteiger partial charge is 0.295 e. The number of aryl methyl sites for hydroxylation is 1. The van der Waals surface area contributed by atoms with Gasteiger partial charge in [0, 0.05) is 18.1 Å². The average Bonchev–Trinajstić information content (AvgIpc) is 3.38. The number of carbonyl (C=O) groups excluding carboxylic acids is 2. The summed E-state index contributed by atoms with van der Waals surface area (Å²) in [4.78, 5) is 31.6. The maximum Gasteiger partial charge on any atom is 0.295 e. The molecule has 2 aromatic carbocycles. The minimum absolute atomic E-state index is 0.0728. The number of benzene rings is 2. The van der Waals surface area contributed by atoms with Gasteiger partial charge < -0.3 is 10.2 Å². The maximum atomic E-state index is 13.2. The van der Waals surface area contributed by atoms with E-state index >= 15 is 0 Å². The van der Waals surface area contributed by atoms with Crippen molar-refractivity contribution in [3.8, 4) is 5.69 Å². The fourth-order valence-corrected chi connectivity index (χ4v) is 3.56. The van der Waals surface area contributed by atoms with Crippen LogP contribution in [0.25, 0.3) is 5.69 Å². The summed E-state index contributed by atoms with van der Waals surface area (Å²) in [5, 5.41) is 7.32. The second-order valence-electron chi connectivity index (χ2n) is 7.01. The molecule has 2 heterocycles. The topological polar surface area (TPSA) is 80.1 Å². The second-order valence-corrected chi connectivity index (χ2v) is 7.45. The zero-order valence-corrected chi connectivity index (χ0v) is 17.0. The number of carbonyl (C=O) groups is 2. The van der Waals surface area contributed by atoms with Crippen LogP contribution in [0.2, 0.25) is 5.02 Å². The molecular formula is C21H19ClFN5O2. The van der Waals surface area contributed by atoms with Crippen molar-refractivity contribution >= 4 is 29.1 Å². The number of hydrogen-bond donors (Lipinski definition) is 1.